The van der Waals surface area contributed by atoms with E-state index in [1.807, 2.05) is 21.1 Å². The zero-order valence-corrected chi connectivity index (χ0v) is 8.53. The van der Waals surface area contributed by atoms with Crippen molar-refractivity contribution in [1.29, 1.82) is 0 Å². The first kappa shape index (κ1) is 9.32. The van der Waals surface area contributed by atoms with Gasteiger partial charge in [-0.3, -0.25) is 9.80 Å². The molecule has 1 atom stereocenters. The molecule has 0 bridgehead atoms. The molecule has 4 nitrogen and oxygen atoms in total. The lowest BCUT2D eigenvalue weighted by molar-refractivity contribution is -0.578. The maximum atomic E-state index is 5.31. The standard InChI is InChI=1S/C8H18N3O/c1-9(2)8-10(3)6-7(12-5)11(8)4/h7H,6H2,1-5H3/q+1. The van der Waals surface area contributed by atoms with E-state index in [0.29, 0.717) is 0 Å². The van der Waals surface area contributed by atoms with Crippen LogP contribution in [-0.4, -0.2) is 68.4 Å². The fraction of sp³-hybridized carbons (Fsp3) is 0.875. The highest BCUT2D eigenvalue weighted by Crippen LogP contribution is 2.06. The lowest BCUT2D eigenvalue weighted by Crippen LogP contribution is -2.37. The molecular formula is C8H18N3O+. The van der Waals surface area contributed by atoms with Gasteiger partial charge in [-0.2, -0.15) is 0 Å². The molecule has 0 aromatic heterocycles. The van der Waals surface area contributed by atoms with Crippen molar-refractivity contribution in [2.75, 3.05) is 41.8 Å². The molecule has 0 spiro atoms. The molecule has 1 heterocycles. The minimum atomic E-state index is 0.187. The first-order valence-electron chi connectivity index (χ1n) is 4.09. The second kappa shape index (κ2) is 3.31. The first-order valence-corrected chi connectivity index (χ1v) is 4.09. The van der Waals surface area contributed by atoms with Crippen LogP contribution >= 0.6 is 0 Å². The van der Waals surface area contributed by atoms with E-state index in [4.69, 9.17) is 4.74 Å². The molecule has 1 aliphatic rings. The molecule has 0 saturated carbocycles. The van der Waals surface area contributed by atoms with Crippen molar-refractivity contribution in [3.8, 4) is 0 Å². The summed E-state index contributed by atoms with van der Waals surface area (Å²) in [5, 5.41) is 0. The molecule has 4 heteroatoms. The molecule has 0 aromatic carbocycles. The third-order valence-electron chi connectivity index (χ3n) is 2.19. The van der Waals surface area contributed by atoms with Crippen LogP contribution in [0.15, 0.2) is 0 Å². The number of guanidine groups is 1. The van der Waals surface area contributed by atoms with E-state index in [9.17, 15) is 0 Å². The number of ether oxygens (including phenoxy) is 1. The Morgan fingerprint density at radius 1 is 1.58 bits per heavy atom. The molecule has 70 valence electrons. The van der Waals surface area contributed by atoms with Crippen LogP contribution < -0.4 is 0 Å². The Hall–Kier alpha value is -0.770. The fourth-order valence-electron chi connectivity index (χ4n) is 1.73. The number of likely N-dealkylation sites (N-methyl/N-ethyl adjacent to an activating group) is 2. The van der Waals surface area contributed by atoms with Crippen molar-refractivity contribution >= 4 is 5.96 Å². The summed E-state index contributed by atoms with van der Waals surface area (Å²) in [5.74, 6) is 1.20. The highest BCUT2D eigenvalue weighted by atomic mass is 16.5. The van der Waals surface area contributed by atoms with E-state index in [1.165, 1.54) is 5.96 Å². The Morgan fingerprint density at radius 3 is 2.42 bits per heavy atom. The van der Waals surface area contributed by atoms with Crippen LogP contribution in [0.2, 0.25) is 0 Å². The van der Waals surface area contributed by atoms with Gasteiger partial charge >= 0.3 is 5.96 Å². The molecule has 0 fully saturated rings. The normalized spacial score (nSPS) is 23.8. The summed E-state index contributed by atoms with van der Waals surface area (Å²) >= 11 is 0. The third kappa shape index (κ3) is 1.39. The zero-order valence-electron chi connectivity index (χ0n) is 8.53. The number of hydrogen-bond donors (Lipinski definition) is 0. The molecule has 0 N–H and O–H groups in total. The topological polar surface area (TPSA) is 18.7 Å². The summed E-state index contributed by atoms with van der Waals surface area (Å²) in [6, 6.07) is 0. The Balaban J connectivity index is 2.85. The molecule has 0 aliphatic carbocycles. The number of rotatable bonds is 1. The predicted octanol–water partition coefficient (Wildman–Crippen LogP) is -0.536. The minimum absolute atomic E-state index is 0.187. The largest absolute Gasteiger partial charge is 0.352 e. The highest BCUT2D eigenvalue weighted by Gasteiger charge is 2.34. The van der Waals surface area contributed by atoms with Crippen molar-refractivity contribution in [3.63, 3.8) is 0 Å². The lowest BCUT2D eigenvalue weighted by atomic mass is 10.5. The van der Waals surface area contributed by atoms with Gasteiger partial charge in [0.1, 0.15) is 6.54 Å². The van der Waals surface area contributed by atoms with E-state index in [-0.39, 0.29) is 6.23 Å². The lowest BCUT2D eigenvalue weighted by Gasteiger charge is -2.12. The van der Waals surface area contributed by atoms with Crippen molar-refractivity contribution in [2.24, 2.45) is 0 Å². The fourth-order valence-corrected chi connectivity index (χ4v) is 1.73. The van der Waals surface area contributed by atoms with Gasteiger partial charge in [-0.05, 0) is 0 Å². The molecule has 0 saturated heterocycles. The van der Waals surface area contributed by atoms with Gasteiger partial charge in [-0.1, -0.05) is 0 Å². The second-order valence-corrected chi connectivity index (χ2v) is 3.38. The Bertz CT molecular complexity index is 200. The van der Waals surface area contributed by atoms with Crippen molar-refractivity contribution in [1.82, 2.24) is 9.80 Å². The summed E-state index contributed by atoms with van der Waals surface area (Å²) in [7, 11) is 9.95. The van der Waals surface area contributed by atoms with E-state index in [1.54, 1.807) is 7.11 Å². The van der Waals surface area contributed by atoms with E-state index >= 15 is 0 Å². The van der Waals surface area contributed by atoms with Gasteiger partial charge in [0.15, 0.2) is 0 Å². The Morgan fingerprint density at radius 2 is 2.17 bits per heavy atom. The van der Waals surface area contributed by atoms with E-state index in [2.05, 4.69) is 21.4 Å². The van der Waals surface area contributed by atoms with Gasteiger partial charge in [0.25, 0.3) is 0 Å². The third-order valence-corrected chi connectivity index (χ3v) is 2.19. The van der Waals surface area contributed by atoms with Gasteiger partial charge in [-0.15, -0.1) is 0 Å². The van der Waals surface area contributed by atoms with Gasteiger partial charge in [-0.25, -0.2) is 4.58 Å². The Labute approximate surface area is 74.0 Å². The first-order chi connectivity index (χ1) is 5.57. The van der Waals surface area contributed by atoms with Gasteiger partial charge in [0.2, 0.25) is 6.23 Å². The monoisotopic (exact) mass is 172 g/mol. The molecule has 1 unspecified atom stereocenters. The summed E-state index contributed by atoms with van der Waals surface area (Å²) in [6.07, 6.45) is 0.187. The van der Waals surface area contributed by atoms with Crippen LogP contribution in [-0.2, 0) is 4.74 Å². The summed E-state index contributed by atoms with van der Waals surface area (Å²) < 4.78 is 7.45. The number of nitrogens with zero attached hydrogens (tertiary/aromatic N) is 3. The van der Waals surface area contributed by atoms with Crippen molar-refractivity contribution < 1.29 is 9.31 Å². The van der Waals surface area contributed by atoms with Crippen molar-refractivity contribution in [3.05, 3.63) is 0 Å². The zero-order chi connectivity index (χ0) is 9.30. The summed E-state index contributed by atoms with van der Waals surface area (Å²) in [5.41, 5.74) is 0. The van der Waals surface area contributed by atoms with Crippen LogP contribution in [0.25, 0.3) is 0 Å². The van der Waals surface area contributed by atoms with Crippen LogP contribution in [0.4, 0.5) is 0 Å². The average Bonchev–Trinajstić information content (AvgIpc) is 2.25. The number of hydrogen-bond acceptors (Lipinski definition) is 3. The van der Waals surface area contributed by atoms with Crippen LogP contribution in [0, 0.1) is 0 Å². The highest BCUT2D eigenvalue weighted by molar-refractivity contribution is 5.75. The molecular weight excluding hydrogens is 154 g/mol. The minimum Gasteiger partial charge on any atom is -0.346 e. The van der Waals surface area contributed by atoms with E-state index < -0.39 is 0 Å². The molecule has 0 aromatic rings. The van der Waals surface area contributed by atoms with Gasteiger partial charge in [0, 0.05) is 7.11 Å². The quantitative estimate of drug-likeness (QED) is 0.495. The predicted molar refractivity (Wildman–Crippen MR) is 48.3 cm³/mol. The van der Waals surface area contributed by atoms with Crippen molar-refractivity contribution in [2.45, 2.75) is 6.23 Å². The molecule has 1 rings (SSSR count). The SMILES string of the molecule is COC1CN(C)C(N(C)C)=[N+]1C. The summed E-state index contributed by atoms with van der Waals surface area (Å²) in [6.45, 7) is 0.931. The van der Waals surface area contributed by atoms with Crippen LogP contribution in [0.3, 0.4) is 0 Å². The smallest absolute Gasteiger partial charge is 0.346 e. The maximum absolute atomic E-state index is 5.31. The molecule has 12 heavy (non-hydrogen) atoms. The molecule has 1 aliphatic heterocycles. The van der Waals surface area contributed by atoms with E-state index in [0.717, 1.165) is 6.54 Å². The number of methoxy groups -OCH3 is 1. The molecule has 0 radical (unpaired) electrons. The average molecular weight is 172 g/mol. The van der Waals surface area contributed by atoms with Gasteiger partial charge in [0.05, 0.1) is 28.2 Å². The summed E-state index contributed by atoms with van der Waals surface area (Å²) in [4.78, 5) is 4.28. The Kier molecular flexibility index (Phi) is 2.57. The molecule has 0 amide bonds. The van der Waals surface area contributed by atoms with Gasteiger partial charge < -0.3 is 4.74 Å². The van der Waals surface area contributed by atoms with Crippen LogP contribution in [0.5, 0.6) is 0 Å². The van der Waals surface area contributed by atoms with Crippen LogP contribution in [0.1, 0.15) is 0 Å². The second-order valence-electron chi connectivity index (χ2n) is 3.38. The maximum Gasteiger partial charge on any atom is 0.352 e.